The third kappa shape index (κ3) is 11.2. The number of ether oxygens (including phenoxy) is 3. The number of carboxylic acids is 1. The molecular formula is C52H42Br2Cl2N2O6. The molecule has 64 heavy (non-hydrogen) atoms. The van der Waals surface area contributed by atoms with Gasteiger partial charge in [-0.25, -0.2) is 9.59 Å². The average Bonchev–Trinajstić information content (AvgIpc) is 3.87. The van der Waals surface area contributed by atoms with Crippen LogP contribution in [0.4, 0.5) is 0 Å². The van der Waals surface area contributed by atoms with Gasteiger partial charge in [0.15, 0.2) is 0 Å². The molecule has 0 spiro atoms. The molecule has 0 radical (unpaired) electrons. The highest BCUT2D eigenvalue weighted by Crippen LogP contribution is 2.38. The Bertz CT molecular complexity index is 2960. The van der Waals surface area contributed by atoms with Crippen molar-refractivity contribution in [3.8, 4) is 45.4 Å². The lowest BCUT2D eigenvalue weighted by atomic mass is 10.1. The molecule has 12 heteroatoms. The van der Waals surface area contributed by atoms with E-state index in [9.17, 15) is 14.7 Å². The van der Waals surface area contributed by atoms with Crippen molar-refractivity contribution >= 4 is 67.0 Å². The van der Waals surface area contributed by atoms with Crippen molar-refractivity contribution in [2.75, 3.05) is 6.61 Å². The van der Waals surface area contributed by atoms with Gasteiger partial charge in [0.25, 0.3) is 0 Å². The van der Waals surface area contributed by atoms with Crippen molar-refractivity contribution < 1.29 is 28.9 Å². The maximum Gasteiger partial charge on any atom is 0.338 e. The molecule has 0 bridgehead atoms. The second-order valence-corrected chi connectivity index (χ2v) is 17.3. The molecule has 2 aromatic heterocycles. The number of halogens is 4. The van der Waals surface area contributed by atoms with Crippen LogP contribution in [0, 0.1) is 13.8 Å². The van der Waals surface area contributed by atoms with Crippen molar-refractivity contribution in [3.05, 3.63) is 210 Å². The van der Waals surface area contributed by atoms with Crippen molar-refractivity contribution in [2.45, 2.75) is 34.0 Å². The fourth-order valence-corrected chi connectivity index (χ4v) is 8.33. The quantitative estimate of drug-likeness (QED) is 0.116. The van der Waals surface area contributed by atoms with Gasteiger partial charge in [0.2, 0.25) is 0 Å². The molecule has 0 saturated carbocycles. The number of carbonyl (C=O) groups excluding carboxylic acids is 1. The first kappa shape index (κ1) is 46.0. The van der Waals surface area contributed by atoms with Gasteiger partial charge in [-0.3, -0.25) is 0 Å². The van der Waals surface area contributed by atoms with Crippen molar-refractivity contribution in [1.82, 2.24) is 9.13 Å². The van der Waals surface area contributed by atoms with E-state index in [0.717, 1.165) is 76.8 Å². The number of hydrogen-bond acceptors (Lipinski definition) is 5. The van der Waals surface area contributed by atoms with E-state index in [1.54, 1.807) is 31.2 Å². The Labute approximate surface area is 398 Å². The van der Waals surface area contributed by atoms with Gasteiger partial charge in [-0.1, -0.05) is 91.5 Å². The molecule has 0 atom stereocenters. The summed E-state index contributed by atoms with van der Waals surface area (Å²) in [6.45, 7) is 6.93. The van der Waals surface area contributed by atoms with E-state index in [-0.39, 0.29) is 11.5 Å². The minimum absolute atomic E-state index is 0.239. The number of carbonyl (C=O) groups is 2. The fraction of sp³-hybridized carbons (Fsp3) is 0.115. The summed E-state index contributed by atoms with van der Waals surface area (Å²) in [5.41, 5.74) is 10.1. The van der Waals surface area contributed by atoms with Crippen molar-refractivity contribution in [3.63, 3.8) is 0 Å². The molecule has 324 valence electrons. The highest BCUT2D eigenvalue weighted by atomic mass is 79.9. The van der Waals surface area contributed by atoms with Gasteiger partial charge in [0.1, 0.15) is 24.7 Å². The summed E-state index contributed by atoms with van der Waals surface area (Å²) in [4.78, 5) is 23.7. The first-order valence-corrected chi connectivity index (χ1v) is 22.5. The van der Waals surface area contributed by atoms with Crippen LogP contribution in [0.15, 0.2) is 167 Å². The highest BCUT2D eigenvalue weighted by molar-refractivity contribution is 9.10. The van der Waals surface area contributed by atoms with Crippen molar-refractivity contribution in [2.24, 2.45) is 0 Å². The van der Waals surface area contributed by atoms with E-state index < -0.39 is 5.97 Å². The molecule has 0 aliphatic heterocycles. The lowest BCUT2D eigenvalue weighted by Crippen LogP contribution is -2.07. The summed E-state index contributed by atoms with van der Waals surface area (Å²) in [6.07, 6.45) is 0. The highest BCUT2D eigenvalue weighted by Gasteiger charge is 2.18. The SMILES string of the molecule is CCOC(=O)c1cccc(-n2c(C)ccc2-c2cc(Br)ccc2OCc2cccc(Cl)c2)c1.Cc1ccc(-c2cc(Br)ccc2OCc2cccc(Cl)c2)n1-c1cccc(C(=O)O)c1. The molecule has 0 saturated heterocycles. The molecule has 0 unspecified atom stereocenters. The van der Waals surface area contributed by atoms with Gasteiger partial charge in [-0.2, -0.15) is 0 Å². The molecule has 8 nitrogen and oxygen atoms in total. The molecule has 0 amide bonds. The number of carboxylic acid groups (broad SMARTS) is 1. The summed E-state index contributed by atoms with van der Waals surface area (Å²) in [7, 11) is 0. The first-order valence-electron chi connectivity index (χ1n) is 20.2. The van der Waals surface area contributed by atoms with E-state index in [2.05, 4.69) is 42.5 Å². The molecule has 1 N–H and O–H groups in total. The Hall–Kier alpha value is -6.04. The van der Waals surface area contributed by atoms with Crippen molar-refractivity contribution in [1.29, 1.82) is 0 Å². The van der Waals surface area contributed by atoms with Gasteiger partial charge in [-0.15, -0.1) is 0 Å². The predicted molar refractivity (Wildman–Crippen MR) is 262 cm³/mol. The van der Waals surface area contributed by atoms with Crippen LogP contribution < -0.4 is 9.47 Å². The van der Waals surface area contributed by atoms with Crippen LogP contribution in [0.1, 0.15) is 50.2 Å². The van der Waals surface area contributed by atoms with E-state index in [4.69, 9.17) is 37.4 Å². The Morgan fingerprint density at radius 3 is 1.47 bits per heavy atom. The van der Waals surface area contributed by atoms with Gasteiger partial charge in [0.05, 0.1) is 29.1 Å². The summed E-state index contributed by atoms with van der Waals surface area (Å²) in [5.74, 6) is 0.177. The molecule has 0 fully saturated rings. The van der Waals surface area contributed by atoms with Crippen LogP contribution in [-0.4, -0.2) is 32.8 Å². The molecule has 8 rings (SSSR count). The lowest BCUT2D eigenvalue weighted by molar-refractivity contribution is 0.0525. The maximum atomic E-state index is 12.3. The monoisotopic (exact) mass is 1020 g/mol. The zero-order valence-corrected chi connectivity index (χ0v) is 39.7. The minimum atomic E-state index is -0.957. The molecule has 0 aliphatic rings. The minimum Gasteiger partial charge on any atom is -0.488 e. The number of benzene rings is 6. The molecule has 0 aliphatic carbocycles. The third-order valence-electron chi connectivity index (χ3n) is 10.1. The van der Waals surface area contributed by atoms with Gasteiger partial charge < -0.3 is 28.5 Å². The van der Waals surface area contributed by atoms with Gasteiger partial charge >= 0.3 is 11.9 Å². The summed E-state index contributed by atoms with van der Waals surface area (Å²) < 4.78 is 23.6. The number of aryl methyl sites for hydroxylation is 2. The normalized spacial score (nSPS) is 10.8. The number of nitrogens with zero attached hydrogens (tertiary/aromatic N) is 2. The summed E-state index contributed by atoms with van der Waals surface area (Å²) in [5, 5.41) is 10.7. The standard InChI is InChI=1S/C27H23BrClNO3.C25H19BrClNO3/c1-3-32-27(31)20-7-5-9-23(15-20)30-18(2)10-12-25(30)24-16-21(28)11-13-26(24)33-17-19-6-4-8-22(29)14-19;1-16-8-10-23(28(16)21-7-3-5-18(13-21)25(29)30)22-14-19(26)9-11-24(22)31-15-17-4-2-6-20(27)12-17/h4-16H,3,17H2,1-2H3;2-14H,15H2,1H3,(H,29,30). The predicted octanol–water partition coefficient (Wildman–Crippen LogP) is 14.8. The molecule has 8 aromatic rings. The van der Waals surface area contributed by atoms with Gasteiger partial charge in [-0.05, 0) is 153 Å². The smallest absolute Gasteiger partial charge is 0.338 e. The number of aromatic nitrogens is 2. The van der Waals surface area contributed by atoms with Crippen LogP contribution in [0.3, 0.4) is 0 Å². The van der Waals surface area contributed by atoms with Crippen LogP contribution >= 0.6 is 55.1 Å². The lowest BCUT2D eigenvalue weighted by Gasteiger charge is -2.17. The van der Waals surface area contributed by atoms with E-state index in [1.807, 2.05) is 146 Å². The zero-order valence-electron chi connectivity index (χ0n) is 35.0. The Balaban J connectivity index is 0.000000192. The van der Waals surface area contributed by atoms with Crippen LogP contribution in [-0.2, 0) is 18.0 Å². The largest absolute Gasteiger partial charge is 0.488 e. The third-order valence-corrected chi connectivity index (χ3v) is 11.6. The summed E-state index contributed by atoms with van der Waals surface area (Å²) >= 11 is 19.4. The Kier molecular flexibility index (Phi) is 15.1. The fourth-order valence-electron chi connectivity index (χ4n) is 7.18. The molecular weight excluding hydrogens is 979 g/mol. The van der Waals surface area contributed by atoms with Gasteiger partial charge in [0, 0.05) is 52.9 Å². The zero-order chi connectivity index (χ0) is 45.3. The number of aromatic carboxylic acids is 1. The number of rotatable bonds is 13. The Morgan fingerprint density at radius 2 is 1.02 bits per heavy atom. The average molecular weight is 1020 g/mol. The van der Waals surface area contributed by atoms with Crippen LogP contribution in [0.5, 0.6) is 11.5 Å². The van der Waals surface area contributed by atoms with E-state index >= 15 is 0 Å². The topological polar surface area (TPSA) is 91.9 Å². The first-order chi connectivity index (χ1) is 30.9. The van der Waals surface area contributed by atoms with E-state index in [0.29, 0.717) is 35.4 Å². The molecule has 6 aromatic carbocycles. The van der Waals surface area contributed by atoms with E-state index in [1.165, 1.54) is 0 Å². The Morgan fingerprint density at radius 1 is 0.562 bits per heavy atom. The van der Waals surface area contributed by atoms with Crippen LogP contribution in [0.25, 0.3) is 33.9 Å². The second kappa shape index (κ2) is 21.1. The second-order valence-electron chi connectivity index (χ2n) is 14.6. The molecule has 2 heterocycles. The maximum absolute atomic E-state index is 12.3. The summed E-state index contributed by atoms with van der Waals surface area (Å²) in [6, 6.07) is 49.5. The van der Waals surface area contributed by atoms with Crippen LogP contribution in [0.2, 0.25) is 10.0 Å². The number of esters is 1. The number of hydrogen-bond donors (Lipinski definition) is 1.